The maximum Gasteiger partial charge on any atom is 0.330 e. The van der Waals surface area contributed by atoms with Crippen LogP contribution in [0.3, 0.4) is 0 Å². The molecule has 2 aromatic carbocycles. The number of H-pyrrole nitrogens is 1. The van der Waals surface area contributed by atoms with Gasteiger partial charge in [0.15, 0.2) is 17.2 Å². The minimum absolute atomic E-state index is 0.146. The van der Waals surface area contributed by atoms with Crippen LogP contribution in [-0.4, -0.2) is 54.2 Å². The van der Waals surface area contributed by atoms with Crippen molar-refractivity contribution < 1.29 is 29.6 Å². The number of aromatic amines is 1. The number of carbonyl (C=O) groups is 2. The van der Waals surface area contributed by atoms with E-state index in [-0.39, 0.29) is 16.7 Å². The highest BCUT2D eigenvalue weighted by Gasteiger charge is 2.58. The molecular formula is C26H26N2O8. The van der Waals surface area contributed by atoms with Crippen LogP contribution in [0.5, 0.6) is 0 Å². The van der Waals surface area contributed by atoms with Gasteiger partial charge in [-0.25, -0.2) is 4.79 Å². The van der Waals surface area contributed by atoms with E-state index in [4.69, 9.17) is 4.74 Å². The summed E-state index contributed by atoms with van der Waals surface area (Å²) in [5.41, 5.74) is -2.77. The number of carbonyl (C=O) groups excluding carboxylic acids is 2. The number of aliphatic hydroxyl groups excluding tert-OH is 2. The summed E-state index contributed by atoms with van der Waals surface area (Å²) in [6.07, 6.45) is -4.47. The van der Waals surface area contributed by atoms with E-state index in [0.717, 1.165) is 10.8 Å². The predicted octanol–water partition coefficient (Wildman–Crippen LogP) is 0.791. The van der Waals surface area contributed by atoms with Crippen LogP contribution in [0.25, 0.3) is 0 Å². The van der Waals surface area contributed by atoms with Gasteiger partial charge in [-0.2, -0.15) is 0 Å². The van der Waals surface area contributed by atoms with Crippen LogP contribution in [0.15, 0.2) is 64.3 Å². The average Bonchev–Trinajstić information content (AvgIpc) is 3.21. The Bertz CT molecular complexity index is 1440. The third-order valence-electron chi connectivity index (χ3n) is 6.53. The lowest BCUT2D eigenvalue weighted by atomic mass is 9.81. The molecule has 0 amide bonds. The molecule has 4 N–H and O–H groups in total. The van der Waals surface area contributed by atoms with Gasteiger partial charge in [0, 0.05) is 23.7 Å². The first-order valence-electron chi connectivity index (χ1n) is 11.3. The third-order valence-corrected chi connectivity index (χ3v) is 6.53. The summed E-state index contributed by atoms with van der Waals surface area (Å²) in [7, 11) is 0. The Balaban J connectivity index is 1.81. The number of ketones is 2. The van der Waals surface area contributed by atoms with Crippen molar-refractivity contribution in [2.24, 2.45) is 0 Å². The maximum absolute atomic E-state index is 13.6. The van der Waals surface area contributed by atoms with E-state index in [1.807, 2.05) is 4.98 Å². The molecule has 10 heteroatoms. The second-order valence-corrected chi connectivity index (χ2v) is 8.89. The molecule has 1 saturated heterocycles. The first-order valence-corrected chi connectivity index (χ1v) is 11.3. The fourth-order valence-corrected chi connectivity index (χ4v) is 4.49. The number of benzene rings is 2. The van der Waals surface area contributed by atoms with Gasteiger partial charge in [-0.1, -0.05) is 48.5 Å². The zero-order valence-electron chi connectivity index (χ0n) is 19.7. The molecular weight excluding hydrogens is 468 g/mol. The van der Waals surface area contributed by atoms with E-state index < -0.39 is 59.9 Å². The average molecular weight is 495 g/mol. The molecule has 0 radical (unpaired) electrons. The molecule has 3 aromatic rings. The zero-order valence-corrected chi connectivity index (χ0v) is 19.7. The topological polar surface area (TPSA) is 159 Å². The summed E-state index contributed by atoms with van der Waals surface area (Å²) >= 11 is 0. The number of aromatic nitrogens is 2. The molecule has 2 heterocycles. The van der Waals surface area contributed by atoms with Gasteiger partial charge in [0.1, 0.15) is 18.4 Å². The van der Waals surface area contributed by atoms with E-state index in [0.29, 0.717) is 11.1 Å². The van der Waals surface area contributed by atoms with Crippen molar-refractivity contribution in [3.8, 4) is 0 Å². The second kappa shape index (κ2) is 9.75. The molecule has 1 aromatic heterocycles. The van der Waals surface area contributed by atoms with Crippen molar-refractivity contribution in [2.45, 2.75) is 50.9 Å². The third kappa shape index (κ3) is 4.35. The van der Waals surface area contributed by atoms with Crippen LogP contribution in [0.4, 0.5) is 0 Å². The van der Waals surface area contributed by atoms with E-state index in [2.05, 4.69) is 0 Å². The summed E-state index contributed by atoms with van der Waals surface area (Å²) in [5.74, 6) is -1.55. The summed E-state index contributed by atoms with van der Waals surface area (Å²) in [4.78, 5) is 53.3. The van der Waals surface area contributed by atoms with Crippen LogP contribution in [0.1, 0.15) is 50.1 Å². The highest BCUT2D eigenvalue weighted by molar-refractivity contribution is 6.06. The Morgan fingerprint density at radius 2 is 1.67 bits per heavy atom. The molecule has 0 spiro atoms. The molecule has 0 saturated carbocycles. The molecule has 10 nitrogen and oxygen atoms in total. The number of ether oxygens (including phenoxy) is 1. The monoisotopic (exact) mass is 494 g/mol. The van der Waals surface area contributed by atoms with Crippen LogP contribution in [0.2, 0.25) is 0 Å². The smallest absolute Gasteiger partial charge is 0.330 e. The van der Waals surface area contributed by atoms with Crippen LogP contribution >= 0.6 is 0 Å². The maximum atomic E-state index is 13.6. The van der Waals surface area contributed by atoms with E-state index in [1.165, 1.54) is 12.1 Å². The molecule has 1 aliphatic rings. The fourth-order valence-electron chi connectivity index (χ4n) is 4.49. The number of hydrogen-bond donors (Lipinski definition) is 4. The van der Waals surface area contributed by atoms with Gasteiger partial charge in [-0.15, -0.1) is 0 Å². The van der Waals surface area contributed by atoms with Crippen molar-refractivity contribution in [2.75, 3.05) is 0 Å². The molecule has 4 rings (SSSR count). The van der Waals surface area contributed by atoms with Gasteiger partial charge in [0.2, 0.25) is 0 Å². The Morgan fingerprint density at radius 3 is 2.25 bits per heavy atom. The minimum atomic E-state index is -2.40. The summed E-state index contributed by atoms with van der Waals surface area (Å²) in [6.45, 7) is 2.68. The van der Waals surface area contributed by atoms with Gasteiger partial charge in [-0.3, -0.25) is 23.9 Å². The van der Waals surface area contributed by atoms with Gasteiger partial charge in [0.05, 0.1) is 12.2 Å². The lowest BCUT2D eigenvalue weighted by molar-refractivity contribution is -0.0916. The van der Waals surface area contributed by atoms with Crippen LogP contribution in [0, 0.1) is 13.8 Å². The Labute approximate surface area is 205 Å². The Morgan fingerprint density at radius 1 is 1.08 bits per heavy atom. The Kier molecular flexibility index (Phi) is 6.87. The zero-order chi connectivity index (χ0) is 26.2. The number of rotatable bonds is 7. The SMILES string of the molecule is Cc1ccccc1C(=O)C(O)[C@H]1O[C@@H](n2cc(CO)c(=O)[nH]c2=O)C[C@@]1(O)C(=O)c1ccccc1C. The first-order chi connectivity index (χ1) is 17.1. The predicted molar refractivity (Wildman–Crippen MR) is 128 cm³/mol. The number of Topliss-reactive ketones (excluding diaryl/α,β-unsaturated/α-hetero) is 2. The molecule has 4 atom stereocenters. The van der Waals surface area contributed by atoms with Gasteiger partial charge < -0.3 is 20.1 Å². The fraction of sp³-hybridized carbons (Fsp3) is 0.308. The van der Waals surface area contributed by atoms with Crippen molar-refractivity contribution >= 4 is 11.6 Å². The van der Waals surface area contributed by atoms with E-state index in [9.17, 15) is 34.5 Å². The van der Waals surface area contributed by atoms with Gasteiger partial charge >= 0.3 is 5.69 Å². The standard InChI is InChI=1S/C26H26N2O8/c1-14-7-3-5-9-17(14)20(30)21(31)23-26(35,22(32)18-10-6-4-8-15(18)2)11-19(36-23)28-12-16(13-29)24(33)27-25(28)34/h3-10,12,19,21,23,29,31,35H,11,13H2,1-2H3,(H,27,33,34)/t19-,21?,23-,26-/m1/s1. The molecule has 0 bridgehead atoms. The number of hydrogen-bond acceptors (Lipinski definition) is 8. The molecule has 0 aliphatic carbocycles. The summed E-state index contributed by atoms with van der Waals surface area (Å²) in [6, 6.07) is 13.0. The highest BCUT2D eigenvalue weighted by atomic mass is 16.6. The van der Waals surface area contributed by atoms with Crippen molar-refractivity contribution in [1.82, 2.24) is 9.55 Å². The summed E-state index contributed by atoms with van der Waals surface area (Å²) in [5, 5.41) is 32.3. The van der Waals surface area contributed by atoms with Gasteiger partial charge in [0.25, 0.3) is 5.56 Å². The van der Waals surface area contributed by atoms with Crippen molar-refractivity contribution in [3.05, 3.63) is 103 Å². The molecule has 36 heavy (non-hydrogen) atoms. The second-order valence-electron chi connectivity index (χ2n) is 8.89. The van der Waals surface area contributed by atoms with Crippen LogP contribution < -0.4 is 11.2 Å². The normalized spacial score (nSPS) is 22.4. The Hall–Kier alpha value is -3.70. The quantitative estimate of drug-likeness (QED) is 0.351. The number of nitrogens with one attached hydrogen (secondary N) is 1. The van der Waals surface area contributed by atoms with E-state index >= 15 is 0 Å². The largest absolute Gasteiger partial charge is 0.391 e. The van der Waals surface area contributed by atoms with E-state index in [1.54, 1.807) is 50.2 Å². The summed E-state index contributed by atoms with van der Waals surface area (Å²) < 4.78 is 6.74. The van der Waals surface area contributed by atoms with Crippen molar-refractivity contribution in [3.63, 3.8) is 0 Å². The minimum Gasteiger partial charge on any atom is -0.391 e. The molecule has 188 valence electrons. The molecule has 1 unspecified atom stereocenters. The first kappa shape index (κ1) is 25.4. The number of aryl methyl sites for hydroxylation is 2. The highest BCUT2D eigenvalue weighted by Crippen LogP contribution is 2.41. The van der Waals surface area contributed by atoms with Crippen LogP contribution in [-0.2, 0) is 11.3 Å². The number of nitrogens with zero attached hydrogens (tertiary/aromatic N) is 1. The van der Waals surface area contributed by atoms with Gasteiger partial charge in [-0.05, 0) is 25.0 Å². The van der Waals surface area contributed by atoms with Crippen molar-refractivity contribution in [1.29, 1.82) is 0 Å². The number of aliphatic hydroxyl groups is 3. The lowest BCUT2D eigenvalue weighted by Crippen LogP contribution is -2.54. The molecule has 1 aliphatic heterocycles. The lowest BCUT2D eigenvalue weighted by Gasteiger charge is -2.30. The molecule has 1 fully saturated rings.